The summed E-state index contributed by atoms with van der Waals surface area (Å²) in [7, 11) is 1.32. The lowest BCUT2D eigenvalue weighted by Gasteiger charge is -2.06. The first-order chi connectivity index (χ1) is 9.10. The van der Waals surface area contributed by atoms with Crippen molar-refractivity contribution >= 4 is 5.97 Å². The van der Waals surface area contributed by atoms with E-state index in [1.807, 2.05) is 43.3 Å². The van der Waals surface area contributed by atoms with Crippen molar-refractivity contribution in [2.24, 2.45) is 5.73 Å². The smallest absolute Gasteiger partial charge is 0.323 e. The van der Waals surface area contributed by atoms with Crippen LogP contribution in [0.3, 0.4) is 0 Å². The van der Waals surface area contributed by atoms with Gasteiger partial charge in [0, 0.05) is 12.0 Å². The van der Waals surface area contributed by atoms with E-state index in [4.69, 9.17) is 10.2 Å². The summed E-state index contributed by atoms with van der Waals surface area (Å²) >= 11 is 0. The molecule has 2 N–H and O–H groups in total. The summed E-state index contributed by atoms with van der Waals surface area (Å²) in [6.07, 6.45) is 0.332. The van der Waals surface area contributed by atoms with Gasteiger partial charge in [-0.3, -0.25) is 4.79 Å². The Morgan fingerprint density at radius 1 is 1.26 bits per heavy atom. The molecule has 100 valence electrons. The third kappa shape index (κ3) is 3.23. The van der Waals surface area contributed by atoms with Crippen molar-refractivity contribution in [3.8, 4) is 11.3 Å². The number of benzene rings is 1. The van der Waals surface area contributed by atoms with Crippen LogP contribution in [-0.2, 0) is 16.0 Å². The molecule has 2 rings (SSSR count). The third-order valence-corrected chi connectivity index (χ3v) is 2.92. The molecule has 19 heavy (non-hydrogen) atoms. The van der Waals surface area contributed by atoms with E-state index in [1.165, 1.54) is 12.7 Å². The molecular weight excluding hydrogens is 242 g/mol. The molecule has 1 atom stereocenters. The number of hydrogen-bond donors (Lipinski definition) is 1. The Morgan fingerprint density at radius 3 is 2.58 bits per heavy atom. The minimum atomic E-state index is -0.693. The summed E-state index contributed by atoms with van der Waals surface area (Å²) in [6.45, 7) is 2.03. The molecule has 1 unspecified atom stereocenters. The maximum absolute atomic E-state index is 11.2. The van der Waals surface area contributed by atoms with Gasteiger partial charge in [0.1, 0.15) is 17.6 Å². The number of ether oxygens (including phenoxy) is 1. The second-order valence-electron chi connectivity index (χ2n) is 4.47. The predicted molar refractivity (Wildman–Crippen MR) is 72.6 cm³/mol. The van der Waals surface area contributed by atoms with Crippen LogP contribution in [0.4, 0.5) is 0 Å². The van der Waals surface area contributed by atoms with Crippen molar-refractivity contribution < 1.29 is 13.9 Å². The van der Waals surface area contributed by atoms with Crippen molar-refractivity contribution in [3.63, 3.8) is 0 Å². The zero-order valence-electron chi connectivity index (χ0n) is 11.1. The Hall–Kier alpha value is -2.07. The first kappa shape index (κ1) is 13.4. The summed E-state index contributed by atoms with van der Waals surface area (Å²) in [6, 6.07) is 11.1. The molecule has 0 spiro atoms. The number of esters is 1. The molecule has 1 heterocycles. The average molecular weight is 259 g/mol. The van der Waals surface area contributed by atoms with Crippen molar-refractivity contribution in [2.45, 2.75) is 19.4 Å². The number of carbonyl (C=O) groups is 1. The van der Waals surface area contributed by atoms with Gasteiger partial charge in [-0.1, -0.05) is 29.8 Å². The van der Waals surface area contributed by atoms with E-state index in [2.05, 4.69) is 4.74 Å². The molecule has 0 bridgehead atoms. The first-order valence-electron chi connectivity index (χ1n) is 6.09. The number of hydrogen-bond acceptors (Lipinski definition) is 4. The topological polar surface area (TPSA) is 65.5 Å². The largest absolute Gasteiger partial charge is 0.468 e. The van der Waals surface area contributed by atoms with Gasteiger partial charge < -0.3 is 14.9 Å². The molecule has 1 aromatic heterocycles. The Labute approximate surface area is 112 Å². The quantitative estimate of drug-likeness (QED) is 0.856. The molecule has 0 aliphatic rings. The van der Waals surface area contributed by atoms with Gasteiger partial charge >= 0.3 is 5.97 Å². The minimum absolute atomic E-state index is 0.332. The second-order valence-corrected chi connectivity index (χ2v) is 4.47. The van der Waals surface area contributed by atoms with E-state index in [-0.39, 0.29) is 0 Å². The van der Waals surface area contributed by atoms with Crippen LogP contribution in [-0.4, -0.2) is 19.1 Å². The molecule has 0 aliphatic carbocycles. The number of carbonyl (C=O) groups excluding carboxylic acids is 1. The lowest BCUT2D eigenvalue weighted by molar-refractivity contribution is -0.142. The van der Waals surface area contributed by atoms with Gasteiger partial charge in [0.05, 0.1) is 7.11 Å². The summed E-state index contributed by atoms with van der Waals surface area (Å²) in [4.78, 5) is 11.2. The van der Waals surface area contributed by atoms with Crippen molar-refractivity contribution in [1.82, 2.24) is 0 Å². The van der Waals surface area contributed by atoms with Gasteiger partial charge in [0.15, 0.2) is 0 Å². The van der Waals surface area contributed by atoms with E-state index in [9.17, 15) is 4.79 Å². The molecule has 1 aromatic carbocycles. The molecule has 4 heteroatoms. The van der Waals surface area contributed by atoms with Gasteiger partial charge in [0.2, 0.25) is 0 Å². The summed E-state index contributed by atoms with van der Waals surface area (Å²) in [5.41, 5.74) is 7.89. The van der Waals surface area contributed by atoms with Crippen molar-refractivity contribution in [3.05, 3.63) is 47.7 Å². The number of methoxy groups -OCH3 is 1. The van der Waals surface area contributed by atoms with E-state index >= 15 is 0 Å². The fourth-order valence-corrected chi connectivity index (χ4v) is 1.81. The second kappa shape index (κ2) is 5.71. The van der Waals surface area contributed by atoms with Gasteiger partial charge in [0.25, 0.3) is 0 Å². The average Bonchev–Trinajstić information content (AvgIpc) is 2.87. The Kier molecular flexibility index (Phi) is 4.02. The highest BCUT2D eigenvalue weighted by Crippen LogP contribution is 2.23. The molecule has 0 amide bonds. The third-order valence-electron chi connectivity index (χ3n) is 2.92. The monoisotopic (exact) mass is 259 g/mol. The van der Waals surface area contributed by atoms with Gasteiger partial charge in [-0.15, -0.1) is 0 Å². The SMILES string of the molecule is COC(=O)C(N)Cc1ccc(-c2ccc(C)cc2)o1. The summed E-state index contributed by atoms with van der Waals surface area (Å²) in [5, 5.41) is 0. The summed E-state index contributed by atoms with van der Waals surface area (Å²) in [5.74, 6) is 1.01. The molecule has 0 saturated heterocycles. The van der Waals surface area contributed by atoms with Crippen LogP contribution < -0.4 is 5.73 Å². The molecule has 0 aliphatic heterocycles. The lowest BCUT2D eigenvalue weighted by atomic mass is 10.1. The van der Waals surface area contributed by atoms with Crippen LogP contribution in [0.15, 0.2) is 40.8 Å². The van der Waals surface area contributed by atoms with Crippen molar-refractivity contribution in [1.29, 1.82) is 0 Å². The Bertz CT molecular complexity index is 557. The highest BCUT2D eigenvalue weighted by molar-refractivity contribution is 5.75. The predicted octanol–water partition coefficient (Wildman–Crippen LogP) is 2.30. The molecule has 0 saturated carbocycles. The zero-order valence-corrected chi connectivity index (χ0v) is 11.1. The van der Waals surface area contributed by atoms with Crippen LogP contribution in [0.25, 0.3) is 11.3 Å². The van der Waals surface area contributed by atoms with Crippen molar-refractivity contribution in [2.75, 3.05) is 7.11 Å². The molecule has 4 nitrogen and oxygen atoms in total. The number of aryl methyl sites for hydroxylation is 1. The molecular formula is C15H17NO3. The Morgan fingerprint density at radius 2 is 1.95 bits per heavy atom. The number of furan rings is 1. The fraction of sp³-hybridized carbons (Fsp3) is 0.267. The normalized spacial score (nSPS) is 12.2. The van der Waals surface area contributed by atoms with Crippen LogP contribution in [0.2, 0.25) is 0 Å². The standard InChI is InChI=1S/C15H17NO3/c1-10-3-5-11(6-4-10)14-8-7-12(19-14)9-13(16)15(17)18-2/h3-8,13H,9,16H2,1-2H3. The van der Waals surface area contributed by atoms with Crippen LogP contribution in [0, 0.1) is 6.92 Å². The van der Waals surface area contributed by atoms with Crippen LogP contribution >= 0.6 is 0 Å². The minimum Gasteiger partial charge on any atom is -0.468 e. The van der Waals surface area contributed by atoms with Crippen LogP contribution in [0.1, 0.15) is 11.3 Å². The maximum Gasteiger partial charge on any atom is 0.323 e. The molecule has 0 radical (unpaired) electrons. The highest BCUT2D eigenvalue weighted by Gasteiger charge is 2.16. The zero-order chi connectivity index (χ0) is 13.8. The van der Waals surface area contributed by atoms with Crippen LogP contribution in [0.5, 0.6) is 0 Å². The van der Waals surface area contributed by atoms with E-state index < -0.39 is 12.0 Å². The lowest BCUT2D eigenvalue weighted by Crippen LogP contribution is -2.33. The first-order valence-corrected chi connectivity index (χ1v) is 6.09. The van der Waals surface area contributed by atoms with E-state index in [0.29, 0.717) is 12.2 Å². The molecule has 0 fully saturated rings. The number of nitrogens with two attached hydrogens (primary N) is 1. The molecule has 2 aromatic rings. The maximum atomic E-state index is 11.2. The van der Waals surface area contributed by atoms with E-state index in [0.717, 1.165) is 11.3 Å². The van der Waals surface area contributed by atoms with E-state index in [1.54, 1.807) is 0 Å². The Balaban J connectivity index is 2.11. The fourth-order valence-electron chi connectivity index (χ4n) is 1.81. The van der Waals surface area contributed by atoms with Gasteiger partial charge in [-0.25, -0.2) is 0 Å². The van der Waals surface area contributed by atoms with Gasteiger partial charge in [-0.2, -0.15) is 0 Å². The van der Waals surface area contributed by atoms with Gasteiger partial charge in [-0.05, 0) is 19.1 Å². The highest BCUT2D eigenvalue weighted by atomic mass is 16.5. The number of rotatable bonds is 4. The summed E-state index contributed by atoms with van der Waals surface area (Å²) < 4.78 is 10.3.